The molecule has 3 heterocycles. The average Bonchev–Trinajstić information content (AvgIpc) is 3.27. The van der Waals surface area contributed by atoms with Gasteiger partial charge in [-0.05, 0) is 81.9 Å². The first kappa shape index (κ1) is 29.9. The number of carbonyl (C=O) groups excluding carboxylic acids is 1. The highest BCUT2D eigenvalue weighted by molar-refractivity contribution is 5.98. The summed E-state index contributed by atoms with van der Waals surface area (Å²) in [6.07, 6.45) is 3.40. The summed E-state index contributed by atoms with van der Waals surface area (Å²) in [5.41, 5.74) is -2.13. The number of halogens is 2. The fourth-order valence-corrected chi connectivity index (χ4v) is 5.59. The van der Waals surface area contributed by atoms with Crippen LogP contribution in [-0.4, -0.2) is 87.0 Å². The highest BCUT2D eigenvalue weighted by Crippen LogP contribution is 2.32. The summed E-state index contributed by atoms with van der Waals surface area (Å²) in [6, 6.07) is 7.30. The molecular weight excluding hydrogens is 520 g/mol. The normalized spacial score (nSPS) is 22.4. The summed E-state index contributed by atoms with van der Waals surface area (Å²) in [4.78, 5) is 32.4. The van der Waals surface area contributed by atoms with Gasteiger partial charge in [-0.25, -0.2) is 13.6 Å². The van der Waals surface area contributed by atoms with Crippen LogP contribution in [0, 0.1) is 11.7 Å². The van der Waals surface area contributed by atoms with Gasteiger partial charge >= 0.3 is 5.97 Å². The number of alkyl halides is 1. The van der Waals surface area contributed by atoms with E-state index in [0.717, 1.165) is 36.9 Å². The van der Waals surface area contributed by atoms with Crippen molar-refractivity contribution >= 4 is 11.9 Å². The number of rotatable bonds is 10. The highest BCUT2D eigenvalue weighted by atomic mass is 19.1. The number of pyridine rings is 1. The summed E-state index contributed by atoms with van der Waals surface area (Å²) in [5.74, 6) is -1.61. The van der Waals surface area contributed by atoms with Gasteiger partial charge in [-0.2, -0.15) is 0 Å². The van der Waals surface area contributed by atoms with Crippen LogP contribution in [0.4, 0.5) is 8.78 Å². The van der Waals surface area contributed by atoms with E-state index in [-0.39, 0.29) is 24.1 Å². The van der Waals surface area contributed by atoms with Gasteiger partial charge in [-0.15, -0.1) is 0 Å². The van der Waals surface area contributed by atoms with E-state index in [0.29, 0.717) is 43.4 Å². The molecule has 8 nitrogen and oxygen atoms in total. The lowest BCUT2D eigenvalue weighted by molar-refractivity contribution is -0.147. The quantitative estimate of drug-likeness (QED) is 0.440. The fourth-order valence-electron chi connectivity index (χ4n) is 5.59. The van der Waals surface area contributed by atoms with Crippen molar-refractivity contribution in [1.82, 2.24) is 14.8 Å². The third-order valence-corrected chi connectivity index (χ3v) is 8.52. The van der Waals surface area contributed by atoms with Crippen LogP contribution in [0.5, 0.6) is 5.75 Å². The number of ether oxygens (including phenoxy) is 1. The molecule has 1 amide bonds. The van der Waals surface area contributed by atoms with E-state index in [1.807, 2.05) is 13.8 Å². The first-order valence-electron chi connectivity index (χ1n) is 14.0. The minimum absolute atomic E-state index is 0.00424. The molecule has 0 aliphatic carbocycles. The van der Waals surface area contributed by atoms with Gasteiger partial charge in [0.15, 0.2) is 0 Å². The molecule has 40 heavy (non-hydrogen) atoms. The number of aromatic nitrogens is 1. The number of hydrogen-bond acceptors (Lipinski definition) is 6. The Hall–Kier alpha value is -3.11. The molecule has 1 aromatic heterocycles. The van der Waals surface area contributed by atoms with Gasteiger partial charge in [0.25, 0.3) is 5.91 Å². The van der Waals surface area contributed by atoms with Crippen molar-refractivity contribution in [1.29, 1.82) is 0 Å². The highest BCUT2D eigenvalue weighted by Gasteiger charge is 2.50. The lowest BCUT2D eigenvalue weighted by Gasteiger charge is -2.36. The van der Waals surface area contributed by atoms with Gasteiger partial charge in [-0.1, -0.05) is 13.8 Å². The maximum Gasteiger partial charge on any atom is 0.329 e. The zero-order valence-electron chi connectivity index (χ0n) is 23.4. The fraction of sp³-hybridized carbons (Fsp3) is 0.567. The van der Waals surface area contributed by atoms with Crippen LogP contribution in [0.2, 0.25) is 0 Å². The summed E-state index contributed by atoms with van der Waals surface area (Å²) in [7, 11) is 0. The third-order valence-electron chi connectivity index (χ3n) is 8.52. The number of β-amino-alcohol motifs (C(OH)–C–C–N with tert-alkyl or cyclic N) is 1. The second kappa shape index (κ2) is 12.2. The van der Waals surface area contributed by atoms with Crippen LogP contribution >= 0.6 is 0 Å². The maximum atomic E-state index is 15.0. The first-order chi connectivity index (χ1) is 19.0. The summed E-state index contributed by atoms with van der Waals surface area (Å²) >= 11 is 0. The van der Waals surface area contributed by atoms with E-state index in [1.165, 1.54) is 25.3 Å². The van der Waals surface area contributed by atoms with Crippen LogP contribution in [0.25, 0.3) is 11.3 Å². The van der Waals surface area contributed by atoms with Crippen LogP contribution in [0.3, 0.4) is 0 Å². The Balaban J connectivity index is 1.33. The van der Waals surface area contributed by atoms with E-state index in [1.54, 1.807) is 12.1 Å². The zero-order chi connectivity index (χ0) is 29.1. The number of hydrogen-bond donors (Lipinski definition) is 2. The second-order valence-electron chi connectivity index (χ2n) is 11.3. The molecule has 218 valence electrons. The molecule has 2 fully saturated rings. The molecule has 2 unspecified atom stereocenters. The van der Waals surface area contributed by atoms with Gasteiger partial charge in [0.2, 0.25) is 0 Å². The molecule has 0 spiro atoms. The van der Waals surface area contributed by atoms with Crippen molar-refractivity contribution in [2.45, 2.75) is 70.2 Å². The SMILES string of the molecule is CCC(F)(CC)CN1CCC(COc2ccc(-c3ccc(C(=O)N4CC(O)CC4(C)C(=O)O)cc3F)nc2)CC1. The number of benzene rings is 1. The second-order valence-corrected chi connectivity index (χ2v) is 11.3. The number of aliphatic hydroxyl groups is 1. The van der Waals surface area contributed by atoms with Crippen molar-refractivity contribution in [3.05, 3.63) is 47.9 Å². The molecule has 2 atom stereocenters. The van der Waals surface area contributed by atoms with Crippen LogP contribution in [0.1, 0.15) is 63.2 Å². The molecule has 4 rings (SSSR count). The summed E-state index contributed by atoms with van der Waals surface area (Å²) in [5, 5.41) is 19.6. The number of nitrogens with zero attached hydrogens (tertiary/aromatic N) is 3. The van der Waals surface area contributed by atoms with Gasteiger partial charge < -0.3 is 24.7 Å². The van der Waals surface area contributed by atoms with Gasteiger partial charge in [0, 0.05) is 30.6 Å². The van der Waals surface area contributed by atoms with Crippen molar-refractivity contribution in [2.24, 2.45) is 5.92 Å². The van der Waals surface area contributed by atoms with Crippen molar-refractivity contribution in [3.8, 4) is 17.0 Å². The van der Waals surface area contributed by atoms with E-state index < -0.39 is 35.0 Å². The molecule has 10 heteroatoms. The number of carbonyl (C=O) groups is 2. The monoisotopic (exact) mass is 559 g/mol. The minimum atomic E-state index is -1.57. The molecule has 1 aromatic carbocycles. The Labute approximate surface area is 234 Å². The van der Waals surface area contributed by atoms with E-state index in [9.17, 15) is 24.2 Å². The Bertz CT molecular complexity index is 1200. The molecule has 2 N–H and O–H groups in total. The molecule has 2 aliphatic rings. The number of amides is 1. The molecule has 2 aliphatic heterocycles. The summed E-state index contributed by atoms with van der Waals surface area (Å²) < 4.78 is 35.7. The van der Waals surface area contributed by atoms with Crippen LogP contribution in [0.15, 0.2) is 36.5 Å². The largest absolute Gasteiger partial charge is 0.492 e. The number of piperidine rings is 1. The molecule has 2 saturated heterocycles. The van der Waals surface area contributed by atoms with Crippen LogP contribution in [-0.2, 0) is 4.79 Å². The molecule has 0 radical (unpaired) electrons. The lowest BCUT2D eigenvalue weighted by atomic mass is 9.94. The molecular formula is C30H39F2N3O5. The smallest absolute Gasteiger partial charge is 0.329 e. The van der Waals surface area contributed by atoms with Gasteiger partial charge in [-0.3, -0.25) is 9.78 Å². The summed E-state index contributed by atoms with van der Waals surface area (Å²) in [6.45, 7) is 7.74. The Morgan fingerprint density at radius 1 is 1.18 bits per heavy atom. The van der Waals surface area contributed by atoms with E-state index in [4.69, 9.17) is 4.74 Å². The maximum absolute atomic E-state index is 15.0. The minimum Gasteiger partial charge on any atom is -0.492 e. The standard InChI is InChI=1S/C30H39F2N3O5/c1-4-30(32,5-2)19-34-12-10-20(11-13-34)18-40-23-7-9-26(33-16-23)24-8-6-21(14-25(24)31)27(37)35-17-22(36)15-29(35,3)28(38)39/h6-9,14,16,20,22,36H,4-5,10-13,15,17-19H2,1-3H3,(H,38,39). The van der Waals surface area contributed by atoms with Gasteiger partial charge in [0.05, 0.1) is 24.6 Å². The Morgan fingerprint density at radius 2 is 1.88 bits per heavy atom. The number of aliphatic carboxylic acids is 1. The predicted octanol–water partition coefficient (Wildman–Crippen LogP) is 4.56. The topological polar surface area (TPSA) is 103 Å². The predicted molar refractivity (Wildman–Crippen MR) is 146 cm³/mol. The zero-order valence-corrected chi connectivity index (χ0v) is 23.4. The van der Waals surface area contributed by atoms with Crippen LogP contribution < -0.4 is 4.74 Å². The molecule has 0 bridgehead atoms. The molecule has 0 saturated carbocycles. The number of aliphatic hydroxyl groups excluding tert-OH is 1. The number of carboxylic acid groups (broad SMARTS) is 1. The van der Waals surface area contributed by atoms with Crippen molar-refractivity contribution < 1.29 is 33.3 Å². The molecule has 2 aromatic rings. The third kappa shape index (κ3) is 6.44. The first-order valence-corrected chi connectivity index (χ1v) is 14.0. The Morgan fingerprint density at radius 3 is 2.45 bits per heavy atom. The number of likely N-dealkylation sites (tertiary alicyclic amines) is 2. The average molecular weight is 560 g/mol. The Kier molecular flexibility index (Phi) is 9.09. The van der Waals surface area contributed by atoms with Crippen molar-refractivity contribution in [2.75, 3.05) is 32.8 Å². The lowest BCUT2D eigenvalue weighted by Crippen LogP contribution is -2.50. The number of carboxylic acids is 1. The van der Waals surface area contributed by atoms with E-state index in [2.05, 4.69) is 9.88 Å². The van der Waals surface area contributed by atoms with Gasteiger partial charge in [0.1, 0.15) is 22.8 Å². The van der Waals surface area contributed by atoms with Crippen molar-refractivity contribution in [3.63, 3.8) is 0 Å². The van der Waals surface area contributed by atoms with E-state index >= 15 is 4.39 Å².